The van der Waals surface area contributed by atoms with Crippen molar-refractivity contribution in [1.29, 1.82) is 0 Å². The fraction of sp³-hybridized carbons (Fsp3) is 1.00. The molecule has 0 bridgehead atoms. The van der Waals surface area contributed by atoms with Crippen LogP contribution in [-0.4, -0.2) is 18.3 Å². The topological polar surface area (TPSA) is 9.23 Å². The van der Waals surface area contributed by atoms with Crippen molar-refractivity contribution in [3.63, 3.8) is 0 Å². The first-order valence-corrected chi connectivity index (χ1v) is 4.84. The SMILES string of the molecule is CC(CBr)CCCOC(F)(F)F. The van der Waals surface area contributed by atoms with Gasteiger partial charge in [-0.3, -0.25) is 4.74 Å². The zero-order valence-corrected chi connectivity index (χ0v) is 8.41. The molecule has 0 heterocycles. The molecule has 0 saturated carbocycles. The van der Waals surface area contributed by atoms with E-state index in [1.165, 1.54) is 0 Å². The second-order valence-corrected chi connectivity index (χ2v) is 3.34. The molecule has 0 amide bonds. The summed E-state index contributed by atoms with van der Waals surface area (Å²) >= 11 is 3.24. The number of hydrogen-bond donors (Lipinski definition) is 0. The Morgan fingerprint density at radius 3 is 2.42 bits per heavy atom. The zero-order valence-electron chi connectivity index (χ0n) is 6.83. The molecule has 1 unspecified atom stereocenters. The van der Waals surface area contributed by atoms with Crippen LogP contribution in [0.5, 0.6) is 0 Å². The number of alkyl halides is 4. The van der Waals surface area contributed by atoms with Crippen LogP contribution in [0.1, 0.15) is 19.8 Å². The summed E-state index contributed by atoms with van der Waals surface area (Å²) in [6.07, 6.45) is -3.27. The smallest absolute Gasteiger partial charge is 0.292 e. The number of ether oxygens (including phenoxy) is 1. The predicted octanol–water partition coefficient (Wildman–Crippen LogP) is 3.33. The van der Waals surface area contributed by atoms with Gasteiger partial charge in [0.2, 0.25) is 0 Å². The van der Waals surface area contributed by atoms with Gasteiger partial charge in [-0.25, -0.2) is 0 Å². The average molecular weight is 249 g/mol. The summed E-state index contributed by atoms with van der Waals surface area (Å²) in [4.78, 5) is 0. The minimum Gasteiger partial charge on any atom is -0.292 e. The van der Waals surface area contributed by atoms with Gasteiger partial charge < -0.3 is 0 Å². The van der Waals surface area contributed by atoms with Crippen LogP contribution in [0.15, 0.2) is 0 Å². The van der Waals surface area contributed by atoms with Crippen molar-refractivity contribution in [1.82, 2.24) is 0 Å². The molecule has 0 saturated heterocycles. The Morgan fingerprint density at radius 2 is 2.00 bits per heavy atom. The summed E-state index contributed by atoms with van der Waals surface area (Å²) in [6, 6.07) is 0. The molecule has 0 radical (unpaired) electrons. The summed E-state index contributed by atoms with van der Waals surface area (Å²) in [5, 5.41) is 0.818. The van der Waals surface area contributed by atoms with Gasteiger partial charge in [0, 0.05) is 5.33 Å². The molecular weight excluding hydrogens is 237 g/mol. The first-order valence-electron chi connectivity index (χ1n) is 3.72. The lowest BCUT2D eigenvalue weighted by Crippen LogP contribution is -2.14. The van der Waals surface area contributed by atoms with Gasteiger partial charge in [0.25, 0.3) is 0 Å². The minimum atomic E-state index is -4.47. The molecule has 0 aromatic heterocycles. The van der Waals surface area contributed by atoms with E-state index in [4.69, 9.17) is 0 Å². The molecule has 0 rings (SSSR count). The fourth-order valence-electron chi connectivity index (χ4n) is 0.697. The second kappa shape index (κ2) is 5.80. The summed E-state index contributed by atoms with van der Waals surface area (Å²) < 4.78 is 37.9. The molecule has 0 aliphatic carbocycles. The van der Waals surface area contributed by atoms with Crippen molar-refractivity contribution in [3.05, 3.63) is 0 Å². The molecule has 1 nitrogen and oxygen atoms in total. The minimum absolute atomic E-state index is 0.235. The Kier molecular flexibility index (Phi) is 5.92. The Balaban J connectivity index is 3.22. The molecular formula is C7H12BrF3O. The van der Waals surface area contributed by atoms with E-state index in [9.17, 15) is 13.2 Å². The Bertz CT molecular complexity index is 116. The standard InChI is InChI=1S/C7H12BrF3O/c1-6(5-8)3-2-4-12-7(9,10)11/h6H,2-5H2,1H3. The van der Waals surface area contributed by atoms with E-state index in [1.54, 1.807) is 0 Å². The van der Waals surface area contributed by atoms with Crippen LogP contribution < -0.4 is 0 Å². The lowest BCUT2D eigenvalue weighted by Gasteiger charge is -2.09. The van der Waals surface area contributed by atoms with Gasteiger partial charge in [-0.2, -0.15) is 0 Å². The van der Waals surface area contributed by atoms with Crippen molar-refractivity contribution in [3.8, 4) is 0 Å². The van der Waals surface area contributed by atoms with E-state index < -0.39 is 6.36 Å². The van der Waals surface area contributed by atoms with Gasteiger partial charge >= 0.3 is 6.36 Å². The maximum absolute atomic E-state index is 11.4. The van der Waals surface area contributed by atoms with Gasteiger partial charge in [-0.05, 0) is 18.8 Å². The summed E-state index contributed by atoms with van der Waals surface area (Å²) in [6.45, 7) is 1.74. The molecule has 1 atom stereocenters. The van der Waals surface area contributed by atoms with Crippen molar-refractivity contribution < 1.29 is 17.9 Å². The van der Waals surface area contributed by atoms with Gasteiger partial charge in [0.15, 0.2) is 0 Å². The van der Waals surface area contributed by atoms with E-state index in [-0.39, 0.29) is 6.61 Å². The first-order chi connectivity index (χ1) is 5.45. The summed E-state index contributed by atoms with van der Waals surface area (Å²) in [5.41, 5.74) is 0. The fourth-order valence-corrected chi connectivity index (χ4v) is 1.02. The molecule has 12 heavy (non-hydrogen) atoms. The molecule has 0 fully saturated rings. The molecule has 0 aromatic rings. The highest BCUT2D eigenvalue weighted by Gasteiger charge is 2.28. The third-order valence-electron chi connectivity index (χ3n) is 1.37. The van der Waals surface area contributed by atoms with E-state index >= 15 is 0 Å². The maximum atomic E-state index is 11.4. The Morgan fingerprint density at radius 1 is 1.42 bits per heavy atom. The predicted molar refractivity (Wildman–Crippen MR) is 44.2 cm³/mol. The molecule has 74 valence electrons. The zero-order chi connectivity index (χ0) is 9.61. The van der Waals surface area contributed by atoms with Gasteiger partial charge in [-0.1, -0.05) is 22.9 Å². The second-order valence-electron chi connectivity index (χ2n) is 2.70. The highest BCUT2D eigenvalue weighted by molar-refractivity contribution is 9.09. The molecule has 5 heteroatoms. The van der Waals surface area contributed by atoms with Crippen molar-refractivity contribution >= 4 is 15.9 Å². The highest BCUT2D eigenvalue weighted by Crippen LogP contribution is 2.17. The number of halogens is 4. The van der Waals surface area contributed by atoms with Crippen LogP contribution in [0.2, 0.25) is 0 Å². The quantitative estimate of drug-likeness (QED) is 0.536. The highest BCUT2D eigenvalue weighted by atomic mass is 79.9. The van der Waals surface area contributed by atoms with Crippen molar-refractivity contribution in [2.24, 2.45) is 5.92 Å². The number of hydrogen-bond acceptors (Lipinski definition) is 1. The van der Waals surface area contributed by atoms with Crippen LogP contribution in [0.4, 0.5) is 13.2 Å². The maximum Gasteiger partial charge on any atom is 0.522 e. The molecule has 0 aliphatic rings. The Labute approximate surface area is 78.4 Å². The third kappa shape index (κ3) is 8.33. The van der Waals surface area contributed by atoms with Gasteiger partial charge in [0.05, 0.1) is 6.61 Å². The van der Waals surface area contributed by atoms with Gasteiger partial charge in [0.1, 0.15) is 0 Å². The third-order valence-corrected chi connectivity index (χ3v) is 2.48. The van der Waals surface area contributed by atoms with Crippen LogP contribution in [0.25, 0.3) is 0 Å². The van der Waals surface area contributed by atoms with Gasteiger partial charge in [-0.15, -0.1) is 13.2 Å². The molecule has 0 aromatic carbocycles. The van der Waals surface area contributed by atoms with E-state index in [2.05, 4.69) is 20.7 Å². The van der Waals surface area contributed by atoms with Crippen LogP contribution in [0, 0.1) is 5.92 Å². The number of rotatable bonds is 5. The van der Waals surface area contributed by atoms with E-state index in [0.717, 1.165) is 11.8 Å². The lowest BCUT2D eigenvalue weighted by atomic mass is 10.1. The van der Waals surface area contributed by atoms with Crippen LogP contribution in [0.3, 0.4) is 0 Å². The first kappa shape index (κ1) is 12.2. The monoisotopic (exact) mass is 248 g/mol. The van der Waals surface area contributed by atoms with Crippen molar-refractivity contribution in [2.45, 2.75) is 26.1 Å². The summed E-state index contributed by atoms with van der Waals surface area (Å²) in [7, 11) is 0. The largest absolute Gasteiger partial charge is 0.522 e. The van der Waals surface area contributed by atoms with Crippen LogP contribution in [-0.2, 0) is 4.74 Å². The Hall–Kier alpha value is 0.230. The van der Waals surface area contributed by atoms with Crippen molar-refractivity contribution in [2.75, 3.05) is 11.9 Å². The molecule has 0 N–H and O–H groups in total. The molecule has 0 spiro atoms. The van der Waals surface area contributed by atoms with E-state index in [0.29, 0.717) is 12.3 Å². The molecule has 0 aliphatic heterocycles. The summed E-state index contributed by atoms with van der Waals surface area (Å²) in [5.74, 6) is 0.404. The lowest BCUT2D eigenvalue weighted by molar-refractivity contribution is -0.324. The van der Waals surface area contributed by atoms with Crippen LogP contribution >= 0.6 is 15.9 Å². The van der Waals surface area contributed by atoms with E-state index in [1.807, 2.05) is 6.92 Å². The average Bonchev–Trinajstić information content (AvgIpc) is 1.96. The normalized spacial score (nSPS) is 14.8.